The van der Waals surface area contributed by atoms with Crippen molar-refractivity contribution >= 4 is 11.6 Å². The summed E-state index contributed by atoms with van der Waals surface area (Å²) in [6, 6.07) is 6.51. The minimum atomic E-state index is -0.653. The van der Waals surface area contributed by atoms with Crippen LogP contribution in [0.15, 0.2) is 36.7 Å². The summed E-state index contributed by atoms with van der Waals surface area (Å²) < 4.78 is 18.4. The lowest BCUT2D eigenvalue weighted by Gasteiger charge is -2.09. The molecule has 0 atom stereocenters. The van der Waals surface area contributed by atoms with Crippen LogP contribution in [0.25, 0.3) is 0 Å². The van der Waals surface area contributed by atoms with Gasteiger partial charge < -0.3 is 15.8 Å². The van der Waals surface area contributed by atoms with Gasteiger partial charge in [-0.1, -0.05) is 6.07 Å². The van der Waals surface area contributed by atoms with Gasteiger partial charge in [0.2, 0.25) is 0 Å². The molecule has 1 aromatic carbocycles. The Morgan fingerprint density at radius 2 is 2.25 bits per heavy atom. The first kappa shape index (κ1) is 13.8. The number of nitrogen functional groups attached to an aromatic ring is 1. The number of aromatic nitrogens is 1. The molecular weight excluding hydrogens is 261 g/mol. The lowest BCUT2D eigenvalue weighted by molar-refractivity contribution is 0.0946. The Morgan fingerprint density at radius 3 is 2.90 bits per heavy atom. The van der Waals surface area contributed by atoms with E-state index in [1.165, 1.54) is 19.4 Å². The van der Waals surface area contributed by atoms with E-state index in [0.29, 0.717) is 11.4 Å². The summed E-state index contributed by atoms with van der Waals surface area (Å²) in [5.41, 5.74) is 7.01. The van der Waals surface area contributed by atoms with Gasteiger partial charge in [-0.25, -0.2) is 4.39 Å². The van der Waals surface area contributed by atoms with Gasteiger partial charge in [-0.05, 0) is 23.8 Å². The number of amides is 1. The number of methoxy groups -OCH3 is 1. The van der Waals surface area contributed by atoms with Crippen LogP contribution >= 0.6 is 0 Å². The van der Waals surface area contributed by atoms with Crippen molar-refractivity contribution in [2.24, 2.45) is 0 Å². The quantitative estimate of drug-likeness (QED) is 0.833. The number of halogens is 1. The van der Waals surface area contributed by atoms with Gasteiger partial charge in [0, 0.05) is 12.7 Å². The third-order valence-electron chi connectivity index (χ3n) is 2.76. The molecule has 1 heterocycles. The molecule has 3 N–H and O–H groups in total. The standard InChI is InChI=1S/C14H14FN3O2/c1-20-13-3-2-9(6-12(13)16)7-18-14(19)10-4-5-17-8-11(10)15/h2-6,8H,7,16H2,1H3,(H,18,19). The summed E-state index contributed by atoms with van der Waals surface area (Å²) in [5, 5.41) is 2.62. The van der Waals surface area contributed by atoms with Crippen LogP contribution in [0.2, 0.25) is 0 Å². The van der Waals surface area contributed by atoms with Crippen LogP contribution in [0.3, 0.4) is 0 Å². The van der Waals surface area contributed by atoms with Gasteiger partial charge in [-0.15, -0.1) is 0 Å². The second-order valence-corrected chi connectivity index (χ2v) is 4.11. The van der Waals surface area contributed by atoms with E-state index in [4.69, 9.17) is 10.5 Å². The fraction of sp³-hybridized carbons (Fsp3) is 0.143. The first-order chi connectivity index (χ1) is 9.61. The van der Waals surface area contributed by atoms with Gasteiger partial charge in [-0.3, -0.25) is 9.78 Å². The molecule has 0 spiro atoms. The Kier molecular flexibility index (Phi) is 4.14. The van der Waals surface area contributed by atoms with Gasteiger partial charge in [0.1, 0.15) is 5.75 Å². The van der Waals surface area contributed by atoms with E-state index in [1.807, 2.05) is 0 Å². The number of hydrogen-bond acceptors (Lipinski definition) is 4. The Bertz CT molecular complexity index is 632. The summed E-state index contributed by atoms with van der Waals surface area (Å²) in [4.78, 5) is 15.4. The second-order valence-electron chi connectivity index (χ2n) is 4.11. The maximum atomic E-state index is 13.4. The Balaban J connectivity index is 2.04. The Labute approximate surface area is 115 Å². The molecule has 1 amide bonds. The van der Waals surface area contributed by atoms with Crippen LogP contribution in [0.1, 0.15) is 15.9 Å². The molecule has 0 fully saturated rings. The molecule has 0 bridgehead atoms. The smallest absolute Gasteiger partial charge is 0.254 e. The number of ether oxygens (including phenoxy) is 1. The average Bonchev–Trinajstić information content (AvgIpc) is 2.45. The van der Waals surface area contributed by atoms with Gasteiger partial charge in [-0.2, -0.15) is 0 Å². The summed E-state index contributed by atoms with van der Waals surface area (Å²) in [6.45, 7) is 0.245. The van der Waals surface area contributed by atoms with Crippen LogP contribution in [-0.2, 0) is 6.54 Å². The number of pyridine rings is 1. The third-order valence-corrected chi connectivity index (χ3v) is 2.76. The molecule has 2 rings (SSSR count). The van der Waals surface area contributed by atoms with Gasteiger partial charge in [0.15, 0.2) is 5.82 Å². The molecular formula is C14H14FN3O2. The SMILES string of the molecule is COc1ccc(CNC(=O)c2ccncc2F)cc1N. The molecule has 0 radical (unpaired) electrons. The molecule has 5 nitrogen and oxygen atoms in total. The summed E-state index contributed by atoms with van der Waals surface area (Å²) in [7, 11) is 1.53. The predicted molar refractivity (Wildman–Crippen MR) is 72.8 cm³/mol. The fourth-order valence-electron chi connectivity index (χ4n) is 1.73. The zero-order valence-corrected chi connectivity index (χ0v) is 10.9. The number of hydrogen-bond donors (Lipinski definition) is 2. The minimum absolute atomic E-state index is 0.0403. The second kappa shape index (κ2) is 6.01. The number of rotatable bonds is 4. The first-order valence-corrected chi connectivity index (χ1v) is 5.92. The third kappa shape index (κ3) is 3.03. The summed E-state index contributed by atoms with van der Waals surface area (Å²) in [6.07, 6.45) is 2.36. The van der Waals surface area contributed by atoms with Crippen LogP contribution in [0.4, 0.5) is 10.1 Å². The molecule has 20 heavy (non-hydrogen) atoms. The van der Waals surface area contributed by atoms with Crippen molar-refractivity contribution in [3.8, 4) is 5.75 Å². The van der Waals surface area contributed by atoms with Crippen LogP contribution < -0.4 is 15.8 Å². The predicted octanol–water partition coefficient (Wildman–Crippen LogP) is 1.74. The number of nitrogens with one attached hydrogen (secondary N) is 1. The summed E-state index contributed by atoms with van der Waals surface area (Å²) >= 11 is 0. The lowest BCUT2D eigenvalue weighted by Crippen LogP contribution is -2.24. The van der Waals surface area contributed by atoms with E-state index in [2.05, 4.69) is 10.3 Å². The van der Waals surface area contributed by atoms with Gasteiger partial charge in [0.25, 0.3) is 5.91 Å². The molecule has 0 aliphatic carbocycles. The number of carbonyl (C=O) groups excluding carboxylic acids is 1. The monoisotopic (exact) mass is 275 g/mol. The maximum absolute atomic E-state index is 13.4. The van der Waals surface area contributed by atoms with Crippen molar-refractivity contribution < 1.29 is 13.9 Å². The molecule has 0 unspecified atom stereocenters. The maximum Gasteiger partial charge on any atom is 0.254 e. The van der Waals surface area contributed by atoms with Crippen LogP contribution in [0, 0.1) is 5.82 Å². The van der Waals surface area contributed by atoms with Crippen molar-refractivity contribution in [3.05, 3.63) is 53.6 Å². The van der Waals surface area contributed by atoms with E-state index in [0.717, 1.165) is 11.8 Å². The van der Waals surface area contributed by atoms with Crippen molar-refractivity contribution in [1.82, 2.24) is 10.3 Å². The topological polar surface area (TPSA) is 77.2 Å². The highest BCUT2D eigenvalue weighted by Crippen LogP contribution is 2.21. The molecule has 1 aromatic heterocycles. The minimum Gasteiger partial charge on any atom is -0.495 e. The number of carbonyl (C=O) groups is 1. The molecule has 0 saturated heterocycles. The number of nitrogens with zero attached hydrogens (tertiary/aromatic N) is 1. The Morgan fingerprint density at radius 1 is 1.45 bits per heavy atom. The normalized spacial score (nSPS) is 10.1. The molecule has 6 heteroatoms. The van der Waals surface area contributed by atoms with E-state index < -0.39 is 11.7 Å². The Hall–Kier alpha value is -2.63. The van der Waals surface area contributed by atoms with Crippen molar-refractivity contribution in [1.29, 1.82) is 0 Å². The van der Waals surface area contributed by atoms with Crippen molar-refractivity contribution in [2.45, 2.75) is 6.54 Å². The number of benzene rings is 1. The first-order valence-electron chi connectivity index (χ1n) is 5.92. The fourth-order valence-corrected chi connectivity index (χ4v) is 1.73. The molecule has 0 saturated carbocycles. The zero-order chi connectivity index (χ0) is 14.5. The zero-order valence-electron chi connectivity index (χ0n) is 10.9. The highest BCUT2D eigenvalue weighted by atomic mass is 19.1. The lowest BCUT2D eigenvalue weighted by atomic mass is 10.1. The van der Waals surface area contributed by atoms with E-state index in [1.54, 1.807) is 18.2 Å². The largest absolute Gasteiger partial charge is 0.495 e. The van der Waals surface area contributed by atoms with E-state index in [-0.39, 0.29) is 12.1 Å². The highest BCUT2D eigenvalue weighted by molar-refractivity contribution is 5.94. The molecule has 0 aliphatic rings. The van der Waals surface area contributed by atoms with E-state index in [9.17, 15) is 9.18 Å². The van der Waals surface area contributed by atoms with Crippen LogP contribution in [0.5, 0.6) is 5.75 Å². The van der Waals surface area contributed by atoms with Crippen molar-refractivity contribution in [3.63, 3.8) is 0 Å². The molecule has 104 valence electrons. The number of nitrogens with two attached hydrogens (primary N) is 1. The van der Waals surface area contributed by atoms with Crippen molar-refractivity contribution in [2.75, 3.05) is 12.8 Å². The summed E-state index contributed by atoms with van der Waals surface area (Å²) in [5.74, 6) is -0.584. The molecule has 0 aliphatic heterocycles. The molecule has 2 aromatic rings. The van der Waals surface area contributed by atoms with Crippen LogP contribution in [-0.4, -0.2) is 18.0 Å². The van der Waals surface area contributed by atoms with Gasteiger partial charge >= 0.3 is 0 Å². The van der Waals surface area contributed by atoms with Gasteiger partial charge in [0.05, 0.1) is 24.6 Å². The van der Waals surface area contributed by atoms with E-state index >= 15 is 0 Å². The number of anilines is 1. The highest BCUT2D eigenvalue weighted by Gasteiger charge is 2.11. The average molecular weight is 275 g/mol.